The Morgan fingerprint density at radius 2 is 0.941 bits per heavy atom. The molecule has 0 saturated carbocycles. The zero-order valence-electron chi connectivity index (χ0n) is 18.7. The first-order chi connectivity index (χ1) is 16.9. The highest BCUT2D eigenvalue weighted by Gasteiger charge is 2.13. The topological polar surface area (TPSA) is 4.93 Å². The Balaban J connectivity index is 1.39. The summed E-state index contributed by atoms with van der Waals surface area (Å²) in [7, 11) is -1.62. The highest BCUT2D eigenvalue weighted by atomic mass is 28.3. The summed E-state index contributed by atoms with van der Waals surface area (Å²) in [5.74, 6) is 3.49. The Morgan fingerprint density at radius 3 is 1.47 bits per heavy atom. The van der Waals surface area contributed by atoms with Crippen molar-refractivity contribution in [2.75, 3.05) is 0 Å². The first-order valence-corrected chi connectivity index (χ1v) is 13.3. The van der Waals surface area contributed by atoms with Crippen LogP contribution in [0, 0.1) is 11.5 Å². The van der Waals surface area contributed by atoms with Crippen molar-refractivity contribution >= 4 is 41.0 Å². The van der Waals surface area contributed by atoms with Gasteiger partial charge in [-0.1, -0.05) is 103 Å². The average Bonchev–Trinajstić information content (AvgIpc) is 3.25. The first kappa shape index (κ1) is 20.3. The van der Waals surface area contributed by atoms with Gasteiger partial charge in [0.05, 0.1) is 11.0 Å². The van der Waals surface area contributed by atoms with Crippen LogP contribution in [-0.2, 0) is 0 Å². The van der Waals surface area contributed by atoms with Gasteiger partial charge in [-0.3, -0.25) is 0 Å². The van der Waals surface area contributed by atoms with E-state index >= 15 is 0 Å². The number of fused-ring (bicyclic) bond motifs is 3. The van der Waals surface area contributed by atoms with Crippen LogP contribution in [0.4, 0.5) is 0 Å². The lowest BCUT2D eigenvalue weighted by molar-refractivity contribution is 1.18. The van der Waals surface area contributed by atoms with Crippen LogP contribution >= 0.6 is 0 Å². The fourth-order valence-electron chi connectivity index (χ4n) is 4.70. The third kappa shape index (κ3) is 3.73. The molecule has 0 aliphatic heterocycles. The van der Waals surface area contributed by atoms with E-state index in [1.165, 1.54) is 32.2 Å². The van der Waals surface area contributed by atoms with Gasteiger partial charge >= 0.3 is 0 Å². The summed E-state index contributed by atoms with van der Waals surface area (Å²) in [6.45, 7) is 0. The highest BCUT2D eigenvalue weighted by molar-refractivity contribution is 6.91. The molecule has 0 unspecified atom stereocenters. The summed E-state index contributed by atoms with van der Waals surface area (Å²) in [5.41, 5.74) is 8.32. The summed E-state index contributed by atoms with van der Waals surface area (Å²) in [4.78, 5) is 0. The molecule has 0 aliphatic carbocycles. The van der Waals surface area contributed by atoms with Crippen LogP contribution in [0.5, 0.6) is 0 Å². The quantitative estimate of drug-likeness (QED) is 0.241. The molecule has 1 aromatic heterocycles. The van der Waals surface area contributed by atoms with Gasteiger partial charge in [-0.25, -0.2) is 0 Å². The molecule has 0 N–H and O–H groups in total. The third-order valence-corrected chi connectivity index (χ3v) is 8.87. The van der Waals surface area contributed by atoms with Gasteiger partial charge < -0.3 is 4.57 Å². The molecule has 6 rings (SSSR count). The van der Waals surface area contributed by atoms with E-state index in [1.54, 1.807) is 0 Å². The number of hydrogen-bond donors (Lipinski definition) is 0. The van der Waals surface area contributed by atoms with Gasteiger partial charge in [0.15, 0.2) is 8.80 Å². The second-order valence-electron chi connectivity index (χ2n) is 8.44. The summed E-state index contributed by atoms with van der Waals surface area (Å²) in [6.07, 6.45) is 0. The highest BCUT2D eigenvalue weighted by Crippen LogP contribution is 2.31. The molecule has 5 aromatic carbocycles. The van der Waals surface area contributed by atoms with E-state index in [0.29, 0.717) is 0 Å². The smallest absolute Gasteiger partial charge is 0.184 e. The zero-order chi connectivity index (χ0) is 22.7. The Morgan fingerprint density at radius 1 is 0.471 bits per heavy atom. The van der Waals surface area contributed by atoms with Crippen LogP contribution in [0.3, 0.4) is 0 Å². The second kappa shape index (κ2) is 8.90. The van der Waals surface area contributed by atoms with Crippen LogP contribution < -0.4 is 10.4 Å². The molecule has 6 aromatic rings. The van der Waals surface area contributed by atoms with Gasteiger partial charge in [0.1, 0.15) is 0 Å². The fourth-order valence-corrected chi connectivity index (χ4v) is 6.94. The van der Waals surface area contributed by atoms with Gasteiger partial charge in [-0.2, -0.15) is 0 Å². The van der Waals surface area contributed by atoms with Crippen molar-refractivity contribution in [2.24, 2.45) is 0 Å². The van der Waals surface area contributed by atoms with Crippen LogP contribution in [0.2, 0.25) is 0 Å². The summed E-state index contributed by atoms with van der Waals surface area (Å²) >= 11 is 0. The molecule has 0 atom stereocenters. The minimum absolute atomic E-state index is 1.05. The van der Waals surface area contributed by atoms with Gasteiger partial charge in [-0.15, -0.1) is 5.54 Å². The summed E-state index contributed by atoms with van der Waals surface area (Å²) in [6, 6.07) is 47.3. The maximum Gasteiger partial charge on any atom is 0.184 e. The predicted octanol–water partition coefficient (Wildman–Crippen LogP) is 5.72. The molecule has 34 heavy (non-hydrogen) atoms. The molecule has 1 heterocycles. The molecular weight excluding hydrogens is 426 g/mol. The molecule has 0 aliphatic rings. The van der Waals surface area contributed by atoms with Gasteiger partial charge in [-0.05, 0) is 46.8 Å². The van der Waals surface area contributed by atoms with E-state index in [-0.39, 0.29) is 0 Å². The van der Waals surface area contributed by atoms with Crippen LogP contribution in [-0.4, -0.2) is 13.4 Å². The minimum atomic E-state index is -1.62. The molecule has 0 bridgehead atoms. The molecule has 0 spiro atoms. The first-order valence-electron chi connectivity index (χ1n) is 11.6. The standard InChI is InChI=1S/C32H23NSi/c1-3-11-27(12-4-1)34(28-13-5-2-6-14-28)24-23-25-19-21-26(22-20-25)33-31-17-9-7-15-29(31)30-16-8-10-18-32(30)33/h1-22,34H. The third-order valence-electron chi connectivity index (χ3n) is 6.33. The molecule has 0 radical (unpaired) electrons. The minimum Gasteiger partial charge on any atom is -0.309 e. The number of hydrogen-bond acceptors (Lipinski definition) is 0. The van der Waals surface area contributed by atoms with Crippen molar-refractivity contribution in [1.82, 2.24) is 4.57 Å². The van der Waals surface area contributed by atoms with Crippen molar-refractivity contribution in [2.45, 2.75) is 0 Å². The number of benzene rings is 5. The van der Waals surface area contributed by atoms with Gasteiger partial charge in [0, 0.05) is 22.0 Å². The lowest BCUT2D eigenvalue weighted by atomic mass is 10.2. The molecule has 0 fully saturated rings. The molecule has 2 heteroatoms. The molecule has 0 saturated heterocycles. The van der Waals surface area contributed by atoms with E-state index < -0.39 is 8.80 Å². The summed E-state index contributed by atoms with van der Waals surface area (Å²) < 4.78 is 2.34. The normalized spacial score (nSPS) is 11.0. The van der Waals surface area contributed by atoms with Crippen LogP contribution in [0.1, 0.15) is 5.56 Å². The Hall–Kier alpha value is -4.32. The molecular formula is C32H23NSi. The summed E-state index contributed by atoms with van der Waals surface area (Å²) in [5, 5.41) is 5.26. The number of rotatable bonds is 3. The largest absolute Gasteiger partial charge is 0.309 e. The Labute approximate surface area is 201 Å². The Bertz CT molecular complexity index is 1540. The predicted molar refractivity (Wildman–Crippen MR) is 147 cm³/mol. The number of para-hydroxylation sites is 2. The van der Waals surface area contributed by atoms with Gasteiger partial charge in [0.25, 0.3) is 0 Å². The van der Waals surface area contributed by atoms with Crippen molar-refractivity contribution in [3.63, 3.8) is 0 Å². The monoisotopic (exact) mass is 449 g/mol. The lowest BCUT2D eigenvalue weighted by Crippen LogP contribution is -2.41. The van der Waals surface area contributed by atoms with Crippen molar-refractivity contribution in [3.05, 3.63) is 139 Å². The maximum atomic E-state index is 3.66. The van der Waals surface area contributed by atoms with E-state index in [1.807, 2.05) is 0 Å². The van der Waals surface area contributed by atoms with E-state index in [0.717, 1.165) is 11.3 Å². The van der Waals surface area contributed by atoms with E-state index in [2.05, 4.69) is 149 Å². The SMILES string of the molecule is C(#C[SiH](c1ccccc1)c1ccccc1)c1ccc(-n2c3ccccc3c3ccccc32)cc1. The Kier molecular flexibility index (Phi) is 5.31. The number of aromatic nitrogens is 1. The van der Waals surface area contributed by atoms with Crippen molar-refractivity contribution < 1.29 is 0 Å². The molecule has 160 valence electrons. The zero-order valence-corrected chi connectivity index (χ0v) is 19.9. The van der Waals surface area contributed by atoms with Crippen molar-refractivity contribution in [1.29, 1.82) is 0 Å². The second-order valence-corrected chi connectivity index (χ2v) is 10.9. The van der Waals surface area contributed by atoms with Crippen LogP contribution in [0.25, 0.3) is 27.5 Å². The lowest BCUT2D eigenvalue weighted by Gasteiger charge is -2.10. The van der Waals surface area contributed by atoms with Crippen molar-refractivity contribution in [3.8, 4) is 17.2 Å². The molecule has 0 amide bonds. The van der Waals surface area contributed by atoms with E-state index in [4.69, 9.17) is 0 Å². The fraction of sp³-hybridized carbons (Fsp3) is 0. The number of nitrogens with zero attached hydrogens (tertiary/aromatic N) is 1. The van der Waals surface area contributed by atoms with Gasteiger partial charge in [0.2, 0.25) is 0 Å². The van der Waals surface area contributed by atoms with Crippen LogP contribution in [0.15, 0.2) is 133 Å². The molecule has 1 nitrogen and oxygen atoms in total. The maximum absolute atomic E-state index is 3.66. The average molecular weight is 450 g/mol. The van der Waals surface area contributed by atoms with E-state index in [9.17, 15) is 0 Å².